The molecule has 1 heterocycles. The molecule has 4 nitrogen and oxygen atoms in total. The minimum absolute atomic E-state index is 0.0413. The van der Waals surface area contributed by atoms with Crippen molar-refractivity contribution in [3.8, 4) is 0 Å². The molecule has 1 aliphatic rings. The molecule has 1 aliphatic heterocycles. The van der Waals surface area contributed by atoms with Gasteiger partial charge >= 0.3 is 0 Å². The van der Waals surface area contributed by atoms with E-state index in [1.54, 1.807) is 0 Å². The highest BCUT2D eigenvalue weighted by Gasteiger charge is 2.36. The van der Waals surface area contributed by atoms with Gasteiger partial charge in [-0.3, -0.25) is 0 Å². The fourth-order valence-electron chi connectivity index (χ4n) is 2.26. The van der Waals surface area contributed by atoms with Gasteiger partial charge in [0.25, 0.3) is 0 Å². The highest BCUT2D eigenvalue weighted by molar-refractivity contribution is 9.10. The Bertz CT molecular complexity index is 613. The van der Waals surface area contributed by atoms with Crippen LogP contribution < -0.4 is 0 Å². The fourth-order valence-corrected chi connectivity index (χ4v) is 5.78. The summed E-state index contributed by atoms with van der Waals surface area (Å²) in [6.07, 6.45) is 2.73. The zero-order chi connectivity index (χ0) is 14.9. The van der Waals surface area contributed by atoms with Crippen LogP contribution in [-0.2, 0) is 14.8 Å². The maximum Gasteiger partial charge on any atom is 0.246 e. The van der Waals surface area contributed by atoms with E-state index in [2.05, 4.69) is 15.9 Å². The number of carbonyl (C=O) groups is 1. The molecule has 0 N–H and O–H groups in total. The molecule has 2 rings (SSSR count). The van der Waals surface area contributed by atoms with E-state index in [0.29, 0.717) is 23.7 Å². The quantitative estimate of drug-likeness (QED) is 0.729. The second-order valence-electron chi connectivity index (χ2n) is 4.51. The maximum absolute atomic E-state index is 12.7. The van der Waals surface area contributed by atoms with Gasteiger partial charge < -0.3 is 4.79 Å². The number of aldehydes is 1. The highest BCUT2D eigenvalue weighted by atomic mass is 79.9. The predicted molar refractivity (Wildman–Crippen MR) is 81.8 cm³/mol. The Morgan fingerprint density at radius 1 is 1.25 bits per heavy atom. The SMILES string of the molecule is O=CC1CCCCN1S(=O)(=O)c1c(Cl)cc(Br)cc1Cl. The van der Waals surface area contributed by atoms with Crippen LogP contribution in [0.2, 0.25) is 10.0 Å². The molecule has 8 heteroatoms. The van der Waals surface area contributed by atoms with Crippen molar-refractivity contribution in [2.24, 2.45) is 0 Å². The van der Waals surface area contributed by atoms with E-state index in [0.717, 1.165) is 12.8 Å². The van der Waals surface area contributed by atoms with Gasteiger partial charge in [0.05, 0.1) is 16.1 Å². The summed E-state index contributed by atoms with van der Waals surface area (Å²) in [4.78, 5) is 11.0. The van der Waals surface area contributed by atoms with Crippen LogP contribution in [0, 0.1) is 0 Å². The standard InChI is InChI=1S/C12H12BrCl2NO3S/c13-8-5-10(14)12(11(15)6-8)20(18,19)16-4-2-1-3-9(16)7-17/h5-7,9H,1-4H2. The van der Waals surface area contributed by atoms with Crippen molar-refractivity contribution < 1.29 is 13.2 Å². The maximum atomic E-state index is 12.7. The van der Waals surface area contributed by atoms with E-state index in [4.69, 9.17) is 23.2 Å². The van der Waals surface area contributed by atoms with Crippen LogP contribution in [0.4, 0.5) is 0 Å². The smallest absolute Gasteiger partial charge is 0.246 e. The van der Waals surface area contributed by atoms with Crippen molar-refractivity contribution in [3.63, 3.8) is 0 Å². The van der Waals surface area contributed by atoms with Gasteiger partial charge in [0, 0.05) is 11.0 Å². The van der Waals surface area contributed by atoms with Crippen LogP contribution in [0.1, 0.15) is 19.3 Å². The first kappa shape index (κ1) is 16.2. The molecule has 0 radical (unpaired) electrons. The van der Waals surface area contributed by atoms with Crippen LogP contribution in [0.5, 0.6) is 0 Å². The first-order chi connectivity index (χ1) is 9.37. The molecular formula is C12H12BrCl2NO3S. The number of hydrogen-bond acceptors (Lipinski definition) is 3. The zero-order valence-corrected chi connectivity index (χ0v) is 14.3. The number of carbonyl (C=O) groups excluding carboxylic acids is 1. The lowest BCUT2D eigenvalue weighted by atomic mass is 10.1. The van der Waals surface area contributed by atoms with Gasteiger partial charge in [0.1, 0.15) is 11.2 Å². The molecule has 1 aromatic rings. The summed E-state index contributed by atoms with van der Waals surface area (Å²) in [5.74, 6) is 0. The normalized spacial score (nSPS) is 20.9. The average Bonchev–Trinajstić information content (AvgIpc) is 2.37. The molecule has 0 amide bonds. The molecule has 110 valence electrons. The first-order valence-corrected chi connectivity index (χ1v) is 8.98. The van der Waals surface area contributed by atoms with Gasteiger partial charge in [-0.15, -0.1) is 0 Å². The molecule has 0 aliphatic carbocycles. The number of piperidine rings is 1. The zero-order valence-electron chi connectivity index (χ0n) is 10.4. The van der Waals surface area contributed by atoms with Crippen LogP contribution >= 0.6 is 39.1 Å². The Balaban J connectivity index is 2.52. The molecule has 1 saturated heterocycles. The van der Waals surface area contributed by atoms with Crippen LogP contribution in [0.25, 0.3) is 0 Å². The van der Waals surface area contributed by atoms with Crippen molar-refractivity contribution in [1.82, 2.24) is 4.31 Å². The van der Waals surface area contributed by atoms with Crippen molar-refractivity contribution in [2.75, 3.05) is 6.54 Å². The monoisotopic (exact) mass is 399 g/mol. The molecule has 0 aromatic heterocycles. The summed E-state index contributed by atoms with van der Waals surface area (Å²) in [6.45, 7) is 0.300. The van der Waals surface area contributed by atoms with Gasteiger partial charge in [-0.25, -0.2) is 8.42 Å². The van der Waals surface area contributed by atoms with Crippen LogP contribution in [-0.4, -0.2) is 31.6 Å². The van der Waals surface area contributed by atoms with Gasteiger partial charge in [-0.05, 0) is 25.0 Å². The minimum atomic E-state index is -3.88. The predicted octanol–water partition coefficient (Wildman–Crippen LogP) is 3.50. The van der Waals surface area contributed by atoms with E-state index in [-0.39, 0.29) is 14.9 Å². The van der Waals surface area contributed by atoms with E-state index in [9.17, 15) is 13.2 Å². The van der Waals surface area contributed by atoms with Crippen molar-refractivity contribution in [3.05, 3.63) is 26.7 Å². The third-order valence-corrected chi connectivity index (χ3v) is 6.49. The third kappa shape index (κ3) is 3.04. The van der Waals surface area contributed by atoms with E-state index in [1.807, 2.05) is 0 Å². The number of benzene rings is 1. The van der Waals surface area contributed by atoms with E-state index < -0.39 is 16.1 Å². The minimum Gasteiger partial charge on any atom is -0.302 e. The van der Waals surface area contributed by atoms with E-state index >= 15 is 0 Å². The van der Waals surface area contributed by atoms with Gasteiger partial charge in [-0.2, -0.15) is 4.31 Å². The Morgan fingerprint density at radius 3 is 2.40 bits per heavy atom. The van der Waals surface area contributed by atoms with Crippen molar-refractivity contribution in [2.45, 2.75) is 30.2 Å². The Labute approximate surface area is 136 Å². The number of halogens is 3. The molecule has 20 heavy (non-hydrogen) atoms. The molecule has 0 saturated carbocycles. The van der Waals surface area contributed by atoms with Gasteiger partial charge in [0.15, 0.2) is 0 Å². The molecular weight excluding hydrogens is 389 g/mol. The van der Waals surface area contributed by atoms with Crippen molar-refractivity contribution in [1.29, 1.82) is 0 Å². The highest BCUT2D eigenvalue weighted by Crippen LogP contribution is 2.36. The Morgan fingerprint density at radius 2 is 1.85 bits per heavy atom. The molecule has 1 atom stereocenters. The molecule has 0 bridgehead atoms. The second-order valence-corrected chi connectivity index (χ2v) is 8.07. The summed E-state index contributed by atoms with van der Waals surface area (Å²) in [5.41, 5.74) is 0. The average molecular weight is 401 g/mol. The number of hydrogen-bond donors (Lipinski definition) is 0. The Hall–Kier alpha value is -0.140. The third-order valence-electron chi connectivity index (χ3n) is 3.19. The lowest BCUT2D eigenvalue weighted by Crippen LogP contribution is -2.44. The molecule has 1 unspecified atom stereocenters. The fraction of sp³-hybridized carbons (Fsp3) is 0.417. The number of sulfonamides is 1. The number of rotatable bonds is 3. The second kappa shape index (κ2) is 6.32. The first-order valence-electron chi connectivity index (χ1n) is 5.99. The lowest BCUT2D eigenvalue weighted by Gasteiger charge is -2.31. The summed E-state index contributed by atoms with van der Waals surface area (Å²) in [5, 5.41) is 0.0826. The summed E-state index contributed by atoms with van der Waals surface area (Å²) >= 11 is 15.2. The lowest BCUT2D eigenvalue weighted by molar-refractivity contribution is -0.111. The van der Waals surface area contributed by atoms with Crippen molar-refractivity contribution >= 4 is 55.4 Å². The molecule has 1 fully saturated rings. The largest absolute Gasteiger partial charge is 0.302 e. The molecule has 0 spiro atoms. The van der Waals surface area contributed by atoms with Crippen LogP contribution in [0.3, 0.4) is 0 Å². The number of nitrogens with zero attached hydrogens (tertiary/aromatic N) is 1. The van der Waals surface area contributed by atoms with Gasteiger partial charge in [-0.1, -0.05) is 45.6 Å². The summed E-state index contributed by atoms with van der Waals surface area (Å²) in [6, 6.07) is 2.30. The summed E-state index contributed by atoms with van der Waals surface area (Å²) in [7, 11) is -3.88. The van der Waals surface area contributed by atoms with Crippen LogP contribution in [0.15, 0.2) is 21.5 Å². The summed E-state index contributed by atoms with van der Waals surface area (Å²) < 4.78 is 27.2. The topological polar surface area (TPSA) is 54.5 Å². The van der Waals surface area contributed by atoms with E-state index in [1.165, 1.54) is 16.4 Å². The van der Waals surface area contributed by atoms with Gasteiger partial charge in [0.2, 0.25) is 10.0 Å². The molecule has 1 aromatic carbocycles. The Kier molecular flexibility index (Phi) is 5.13.